The lowest BCUT2D eigenvalue weighted by Crippen LogP contribution is -1.93. The van der Waals surface area contributed by atoms with Crippen LogP contribution >= 0.6 is 0 Å². The predicted molar refractivity (Wildman–Crippen MR) is 73.4 cm³/mol. The van der Waals surface area contributed by atoms with Gasteiger partial charge in [-0.15, -0.1) is 0 Å². The van der Waals surface area contributed by atoms with E-state index in [0.717, 1.165) is 0 Å². The van der Waals surface area contributed by atoms with E-state index in [4.69, 9.17) is 4.74 Å². The zero-order chi connectivity index (χ0) is 13.9. The Morgan fingerprint density at radius 1 is 0.950 bits per heavy atom. The summed E-state index contributed by atoms with van der Waals surface area (Å²) in [6.07, 6.45) is 3.19. The van der Waals surface area contributed by atoms with Gasteiger partial charge in [-0.1, -0.05) is 18.2 Å². The van der Waals surface area contributed by atoms with E-state index < -0.39 is 0 Å². The molecule has 5 nitrogen and oxygen atoms in total. The quantitative estimate of drug-likeness (QED) is 0.766. The highest BCUT2D eigenvalue weighted by atomic mass is 16.5. The maximum Gasteiger partial charge on any atom is 0.165 e. The average Bonchev–Trinajstić information content (AvgIpc) is 2.87. The molecule has 5 heteroatoms. The van der Waals surface area contributed by atoms with Gasteiger partial charge in [0.1, 0.15) is 22.9 Å². The van der Waals surface area contributed by atoms with Gasteiger partial charge in [0, 0.05) is 6.07 Å². The van der Waals surface area contributed by atoms with E-state index in [-0.39, 0.29) is 11.5 Å². The second kappa shape index (κ2) is 4.97. The summed E-state index contributed by atoms with van der Waals surface area (Å²) >= 11 is 0. The van der Waals surface area contributed by atoms with Crippen molar-refractivity contribution in [1.29, 1.82) is 0 Å². The fourth-order valence-electron chi connectivity index (χ4n) is 1.83. The lowest BCUT2D eigenvalue weighted by atomic mass is 10.3. The normalized spacial score (nSPS) is 10.4. The third-order valence-corrected chi connectivity index (χ3v) is 2.74. The van der Waals surface area contributed by atoms with Crippen LogP contribution in [-0.2, 0) is 0 Å². The number of hydrogen-bond donors (Lipinski definition) is 2. The van der Waals surface area contributed by atoms with Crippen molar-refractivity contribution < 1.29 is 14.9 Å². The maximum absolute atomic E-state index is 9.76. The minimum atomic E-state index is 0.135. The molecule has 0 saturated carbocycles. The average molecular weight is 268 g/mol. The van der Waals surface area contributed by atoms with Crippen LogP contribution in [0.1, 0.15) is 0 Å². The summed E-state index contributed by atoms with van der Waals surface area (Å²) in [6, 6.07) is 13.4. The molecule has 0 aliphatic heterocycles. The molecule has 0 aliphatic rings. The van der Waals surface area contributed by atoms with Gasteiger partial charge in [0.05, 0.1) is 12.4 Å². The van der Waals surface area contributed by atoms with Gasteiger partial charge in [-0.2, -0.15) is 5.10 Å². The summed E-state index contributed by atoms with van der Waals surface area (Å²) in [4.78, 5) is 0. The Balaban J connectivity index is 1.86. The first-order chi connectivity index (χ1) is 9.72. The number of aromatic nitrogens is 2. The predicted octanol–water partition coefficient (Wildman–Crippen LogP) is 3.08. The zero-order valence-electron chi connectivity index (χ0n) is 10.5. The second-order valence-corrected chi connectivity index (χ2v) is 4.21. The SMILES string of the molecule is Oc1cccc(Oc2cnn(-c3ccccc3O)c2)c1. The highest BCUT2D eigenvalue weighted by Gasteiger charge is 2.06. The highest BCUT2D eigenvalue weighted by Crippen LogP contribution is 2.26. The summed E-state index contributed by atoms with van der Waals surface area (Å²) in [7, 11) is 0. The number of para-hydroxylation sites is 2. The van der Waals surface area contributed by atoms with Crippen LogP contribution in [0.5, 0.6) is 23.0 Å². The summed E-state index contributed by atoms with van der Waals surface area (Å²) in [5, 5.41) is 23.3. The first-order valence-corrected chi connectivity index (χ1v) is 6.02. The van der Waals surface area contributed by atoms with Gasteiger partial charge in [-0.3, -0.25) is 0 Å². The Morgan fingerprint density at radius 3 is 2.60 bits per heavy atom. The van der Waals surface area contributed by atoms with Crippen molar-refractivity contribution >= 4 is 0 Å². The number of rotatable bonds is 3. The molecule has 1 heterocycles. The fourth-order valence-corrected chi connectivity index (χ4v) is 1.83. The van der Waals surface area contributed by atoms with Crippen molar-refractivity contribution in [3.05, 3.63) is 60.9 Å². The Hall–Kier alpha value is -2.95. The first kappa shape index (κ1) is 12.1. The van der Waals surface area contributed by atoms with Crippen LogP contribution in [0, 0.1) is 0 Å². The first-order valence-electron chi connectivity index (χ1n) is 6.02. The standard InChI is InChI=1S/C15H12N2O3/c18-11-4-3-5-12(8-11)20-13-9-16-17(10-13)14-6-1-2-7-15(14)19/h1-10,18-19H. The number of nitrogens with zero attached hydrogens (tertiary/aromatic N) is 2. The van der Waals surface area contributed by atoms with E-state index in [1.165, 1.54) is 16.9 Å². The van der Waals surface area contributed by atoms with Crippen molar-refractivity contribution in [1.82, 2.24) is 9.78 Å². The molecule has 20 heavy (non-hydrogen) atoms. The minimum absolute atomic E-state index is 0.135. The highest BCUT2D eigenvalue weighted by molar-refractivity contribution is 5.45. The van der Waals surface area contributed by atoms with Gasteiger partial charge in [-0.05, 0) is 24.3 Å². The third-order valence-electron chi connectivity index (χ3n) is 2.74. The molecule has 0 atom stereocenters. The maximum atomic E-state index is 9.76. The summed E-state index contributed by atoms with van der Waals surface area (Å²) in [5.74, 6) is 1.30. The topological polar surface area (TPSA) is 67.5 Å². The molecule has 0 aliphatic carbocycles. The number of benzene rings is 2. The lowest BCUT2D eigenvalue weighted by Gasteiger charge is -2.04. The van der Waals surface area contributed by atoms with E-state index in [0.29, 0.717) is 17.2 Å². The molecule has 0 radical (unpaired) electrons. The Bertz CT molecular complexity index is 737. The molecule has 1 aromatic heterocycles. The van der Waals surface area contributed by atoms with Gasteiger partial charge in [0.15, 0.2) is 5.75 Å². The van der Waals surface area contributed by atoms with Gasteiger partial charge in [0.25, 0.3) is 0 Å². The number of aromatic hydroxyl groups is 2. The molecule has 0 unspecified atom stereocenters. The smallest absolute Gasteiger partial charge is 0.165 e. The van der Waals surface area contributed by atoms with Gasteiger partial charge in [-0.25, -0.2) is 4.68 Å². The van der Waals surface area contributed by atoms with Crippen LogP contribution in [0.15, 0.2) is 60.9 Å². The zero-order valence-corrected chi connectivity index (χ0v) is 10.5. The van der Waals surface area contributed by atoms with E-state index >= 15 is 0 Å². The van der Waals surface area contributed by atoms with E-state index in [2.05, 4.69) is 5.10 Å². The molecule has 0 bridgehead atoms. The van der Waals surface area contributed by atoms with Crippen molar-refractivity contribution in [3.8, 4) is 28.7 Å². The van der Waals surface area contributed by atoms with Gasteiger partial charge >= 0.3 is 0 Å². The second-order valence-electron chi connectivity index (χ2n) is 4.21. The van der Waals surface area contributed by atoms with E-state index in [9.17, 15) is 10.2 Å². The van der Waals surface area contributed by atoms with Crippen molar-refractivity contribution in [2.45, 2.75) is 0 Å². The molecular formula is C15H12N2O3. The summed E-state index contributed by atoms with van der Waals surface area (Å²) < 4.78 is 7.10. The van der Waals surface area contributed by atoms with Crippen LogP contribution in [0.25, 0.3) is 5.69 Å². The van der Waals surface area contributed by atoms with Gasteiger partial charge in [0.2, 0.25) is 0 Å². The minimum Gasteiger partial charge on any atom is -0.508 e. The molecule has 2 aromatic carbocycles. The molecule has 3 rings (SSSR count). The molecular weight excluding hydrogens is 256 g/mol. The molecule has 0 spiro atoms. The molecule has 3 aromatic rings. The molecule has 0 saturated heterocycles. The number of phenolic OH excluding ortho intramolecular Hbond substituents is 2. The summed E-state index contributed by atoms with van der Waals surface area (Å²) in [5.41, 5.74) is 0.568. The fraction of sp³-hybridized carbons (Fsp3) is 0. The van der Waals surface area contributed by atoms with Crippen molar-refractivity contribution in [3.63, 3.8) is 0 Å². The third kappa shape index (κ3) is 2.42. The van der Waals surface area contributed by atoms with Crippen molar-refractivity contribution in [2.24, 2.45) is 0 Å². The number of hydrogen-bond acceptors (Lipinski definition) is 4. The van der Waals surface area contributed by atoms with Crippen LogP contribution in [0.2, 0.25) is 0 Å². The molecule has 2 N–H and O–H groups in total. The molecule has 0 amide bonds. The Labute approximate surface area is 115 Å². The molecule has 100 valence electrons. The summed E-state index contributed by atoms with van der Waals surface area (Å²) in [6.45, 7) is 0. The van der Waals surface area contributed by atoms with Crippen molar-refractivity contribution in [2.75, 3.05) is 0 Å². The Morgan fingerprint density at radius 2 is 1.80 bits per heavy atom. The monoisotopic (exact) mass is 268 g/mol. The van der Waals surface area contributed by atoms with Gasteiger partial charge < -0.3 is 14.9 Å². The van der Waals surface area contributed by atoms with Crippen LogP contribution in [0.4, 0.5) is 0 Å². The van der Waals surface area contributed by atoms with Crippen LogP contribution in [-0.4, -0.2) is 20.0 Å². The van der Waals surface area contributed by atoms with E-state index in [1.54, 1.807) is 42.6 Å². The molecule has 0 fully saturated rings. The number of ether oxygens (including phenoxy) is 1. The Kier molecular flexibility index (Phi) is 3.01. The number of phenols is 2. The largest absolute Gasteiger partial charge is 0.508 e. The van der Waals surface area contributed by atoms with E-state index in [1.807, 2.05) is 6.07 Å². The van der Waals surface area contributed by atoms with Crippen LogP contribution < -0.4 is 4.74 Å². The van der Waals surface area contributed by atoms with Crippen LogP contribution in [0.3, 0.4) is 0 Å². The lowest BCUT2D eigenvalue weighted by molar-refractivity contribution is 0.455.